The molecule has 2 aliphatic rings. The van der Waals surface area contributed by atoms with Crippen LogP contribution in [0, 0.1) is 0 Å². The number of carbonyl (C=O) groups is 2. The predicted molar refractivity (Wildman–Crippen MR) is 186 cm³/mol. The number of carbonyl (C=O) groups excluding carboxylic acids is 2. The van der Waals surface area contributed by atoms with Crippen LogP contribution in [0.2, 0.25) is 34.8 Å². The number of nitrogens with zero attached hydrogens (tertiary/aromatic N) is 2. The standard InChI is InChI=1S/C31H51Cl3N2O7Si2/c1-18(2)45(19(3)4,20(5)6)42-26-15-23-22(14-25(26)40-10)27(38)35-16-21(37)13-24(35)28(43-44(11,12)30(7,8)9)36(23)29(39)41-17-31(32,33)34/h14-15,18-21,24,28,37H,13,16-17H2,1-12H3/t21-,24+,28?/m1/s1. The summed E-state index contributed by atoms with van der Waals surface area (Å²) in [6.07, 6.45) is -2.44. The summed E-state index contributed by atoms with van der Waals surface area (Å²) in [6.45, 7) is 23.0. The Hall–Kier alpha value is -1.22. The van der Waals surface area contributed by atoms with Crippen molar-refractivity contribution < 1.29 is 33.0 Å². The number of halogens is 3. The van der Waals surface area contributed by atoms with Crippen molar-refractivity contribution in [1.29, 1.82) is 0 Å². The van der Waals surface area contributed by atoms with Gasteiger partial charge in [0.1, 0.15) is 12.4 Å². The smallest absolute Gasteiger partial charge is 0.416 e. The molecule has 45 heavy (non-hydrogen) atoms. The molecule has 0 radical (unpaired) electrons. The zero-order chi connectivity index (χ0) is 34.4. The molecule has 2 heterocycles. The Morgan fingerprint density at radius 3 is 2.04 bits per heavy atom. The Labute approximate surface area is 286 Å². The number of fused-ring (bicyclic) bond motifs is 2. The minimum absolute atomic E-state index is 0.0853. The van der Waals surface area contributed by atoms with Gasteiger partial charge < -0.3 is 28.3 Å². The maximum atomic E-state index is 14.3. The Bertz CT molecular complexity index is 1230. The number of hydrogen-bond donors (Lipinski definition) is 1. The van der Waals surface area contributed by atoms with Crippen LogP contribution in [0.25, 0.3) is 0 Å². The molecule has 0 aliphatic carbocycles. The summed E-state index contributed by atoms with van der Waals surface area (Å²) in [5, 5.41) is 10.5. The third kappa shape index (κ3) is 7.76. The molecule has 1 aromatic rings. The maximum Gasteiger partial charge on any atom is 0.416 e. The van der Waals surface area contributed by atoms with Gasteiger partial charge in [0.05, 0.1) is 30.5 Å². The first-order valence-electron chi connectivity index (χ1n) is 15.6. The molecule has 3 atom stereocenters. The summed E-state index contributed by atoms with van der Waals surface area (Å²) < 4.78 is 23.6. The van der Waals surface area contributed by atoms with Crippen LogP contribution in [0.4, 0.5) is 10.5 Å². The van der Waals surface area contributed by atoms with Crippen LogP contribution in [-0.4, -0.2) is 81.1 Å². The van der Waals surface area contributed by atoms with Crippen molar-refractivity contribution in [3.63, 3.8) is 0 Å². The molecule has 1 unspecified atom stereocenters. The number of anilines is 1. The van der Waals surface area contributed by atoms with Gasteiger partial charge >= 0.3 is 6.09 Å². The van der Waals surface area contributed by atoms with E-state index in [1.54, 1.807) is 17.0 Å². The summed E-state index contributed by atoms with van der Waals surface area (Å²) >= 11 is 18.0. The minimum Gasteiger partial charge on any atom is -0.540 e. The lowest BCUT2D eigenvalue weighted by Gasteiger charge is -2.44. The summed E-state index contributed by atoms with van der Waals surface area (Å²) in [5.74, 6) is 0.437. The van der Waals surface area contributed by atoms with Crippen LogP contribution in [0.1, 0.15) is 79.1 Å². The number of amides is 2. The molecule has 1 fully saturated rings. The minimum atomic E-state index is -2.60. The monoisotopic (exact) mass is 724 g/mol. The number of ether oxygens (including phenoxy) is 2. The number of benzene rings is 1. The van der Waals surface area contributed by atoms with Crippen molar-refractivity contribution >= 4 is 69.1 Å². The van der Waals surface area contributed by atoms with E-state index in [4.69, 9.17) is 53.1 Å². The Morgan fingerprint density at radius 2 is 1.58 bits per heavy atom. The summed E-state index contributed by atoms with van der Waals surface area (Å²) in [4.78, 5) is 31.4. The van der Waals surface area contributed by atoms with Gasteiger partial charge in [-0.05, 0) is 47.2 Å². The van der Waals surface area contributed by atoms with Crippen molar-refractivity contribution in [3.8, 4) is 11.5 Å². The van der Waals surface area contributed by atoms with Crippen molar-refractivity contribution in [3.05, 3.63) is 17.7 Å². The Balaban J connectivity index is 2.37. The number of rotatable bonds is 9. The van der Waals surface area contributed by atoms with Crippen molar-refractivity contribution in [2.24, 2.45) is 0 Å². The molecule has 0 bridgehead atoms. The molecule has 2 amide bonds. The zero-order valence-electron chi connectivity index (χ0n) is 28.7. The van der Waals surface area contributed by atoms with E-state index in [0.29, 0.717) is 11.5 Å². The van der Waals surface area contributed by atoms with E-state index in [1.165, 1.54) is 12.0 Å². The number of alkyl halides is 3. The average Bonchev–Trinajstić information content (AvgIpc) is 3.26. The van der Waals surface area contributed by atoms with Gasteiger partial charge in [0.25, 0.3) is 14.2 Å². The number of aliphatic hydroxyl groups is 1. The second kappa shape index (κ2) is 13.7. The molecule has 1 N–H and O–H groups in total. The van der Waals surface area contributed by atoms with E-state index in [2.05, 4.69) is 75.4 Å². The first-order valence-corrected chi connectivity index (χ1v) is 21.8. The van der Waals surface area contributed by atoms with Crippen LogP contribution in [0.5, 0.6) is 11.5 Å². The fraction of sp³-hybridized carbons (Fsp3) is 0.742. The molecular formula is C31H51Cl3N2O7Si2. The number of hydrogen-bond acceptors (Lipinski definition) is 7. The summed E-state index contributed by atoms with van der Waals surface area (Å²) in [6, 6.07) is 2.64. The van der Waals surface area contributed by atoms with Gasteiger partial charge in [-0.25, -0.2) is 9.69 Å². The van der Waals surface area contributed by atoms with Crippen LogP contribution in [-0.2, 0) is 9.16 Å². The predicted octanol–water partition coefficient (Wildman–Crippen LogP) is 8.50. The highest BCUT2D eigenvalue weighted by Crippen LogP contribution is 2.49. The van der Waals surface area contributed by atoms with E-state index in [-0.39, 0.29) is 51.8 Å². The number of methoxy groups -OCH3 is 1. The van der Waals surface area contributed by atoms with Crippen LogP contribution < -0.4 is 14.1 Å². The molecule has 1 aromatic carbocycles. The molecule has 0 saturated carbocycles. The SMILES string of the molecule is COc1cc2c(cc1O[Si](C(C)C)(C(C)C)C(C)C)N(C(=O)OCC(Cl)(Cl)Cl)C(O[Si](C)(C)C(C)(C)C)[C@@H]1C[C@@H](O)CN1C2=O. The lowest BCUT2D eigenvalue weighted by molar-refractivity contribution is 0.0523. The fourth-order valence-corrected chi connectivity index (χ4v) is 13.2. The third-order valence-corrected chi connectivity index (χ3v) is 20.5. The lowest BCUT2D eigenvalue weighted by atomic mass is 10.1. The molecule has 9 nitrogen and oxygen atoms in total. The van der Waals surface area contributed by atoms with Crippen molar-refractivity contribution in [1.82, 2.24) is 4.90 Å². The third-order valence-electron chi connectivity index (χ3n) is 9.71. The van der Waals surface area contributed by atoms with Crippen LogP contribution in [0.3, 0.4) is 0 Å². The van der Waals surface area contributed by atoms with E-state index in [0.717, 1.165) is 0 Å². The highest BCUT2D eigenvalue weighted by Gasteiger charge is 2.53. The van der Waals surface area contributed by atoms with Gasteiger partial charge in [-0.3, -0.25) is 4.79 Å². The topological polar surface area (TPSA) is 97.8 Å². The largest absolute Gasteiger partial charge is 0.540 e. The molecule has 3 rings (SSSR count). The first-order chi connectivity index (χ1) is 20.5. The highest BCUT2D eigenvalue weighted by molar-refractivity contribution is 6.78. The molecule has 2 aliphatic heterocycles. The summed E-state index contributed by atoms with van der Waals surface area (Å²) in [7, 11) is -3.58. The quantitative estimate of drug-likeness (QED) is 0.201. The van der Waals surface area contributed by atoms with E-state index >= 15 is 0 Å². The Kier molecular flexibility index (Phi) is 11.7. The highest BCUT2D eigenvalue weighted by atomic mass is 35.6. The zero-order valence-corrected chi connectivity index (χ0v) is 32.9. The molecule has 256 valence electrons. The fourth-order valence-electron chi connectivity index (χ4n) is 6.54. The van der Waals surface area contributed by atoms with Gasteiger partial charge in [-0.15, -0.1) is 0 Å². The number of aliphatic hydroxyl groups excluding tert-OH is 1. The van der Waals surface area contributed by atoms with E-state index in [1.807, 2.05) is 0 Å². The normalized spacial score (nSPS) is 21.3. The van der Waals surface area contributed by atoms with E-state index in [9.17, 15) is 14.7 Å². The molecule has 0 spiro atoms. The summed E-state index contributed by atoms with van der Waals surface area (Å²) in [5.41, 5.74) is 1.17. The first kappa shape index (κ1) is 38.2. The van der Waals surface area contributed by atoms with Crippen LogP contribution in [0.15, 0.2) is 12.1 Å². The van der Waals surface area contributed by atoms with Gasteiger partial charge in [0, 0.05) is 12.6 Å². The molecule has 1 saturated heterocycles. The second-order valence-electron chi connectivity index (χ2n) is 14.7. The lowest BCUT2D eigenvalue weighted by Crippen LogP contribution is -2.58. The molecular weight excluding hydrogens is 675 g/mol. The van der Waals surface area contributed by atoms with Crippen molar-refractivity contribution in [2.45, 2.75) is 126 Å². The van der Waals surface area contributed by atoms with Crippen molar-refractivity contribution in [2.75, 3.05) is 25.2 Å². The second-order valence-corrected chi connectivity index (χ2v) is 27.3. The van der Waals surface area contributed by atoms with E-state index < -0.39 is 51.5 Å². The van der Waals surface area contributed by atoms with Gasteiger partial charge in [0.15, 0.2) is 20.3 Å². The molecule has 0 aromatic heterocycles. The average molecular weight is 726 g/mol. The van der Waals surface area contributed by atoms with Gasteiger partial charge in [0.2, 0.25) is 3.79 Å². The Morgan fingerprint density at radius 1 is 1.02 bits per heavy atom. The van der Waals surface area contributed by atoms with Gasteiger partial charge in [-0.2, -0.15) is 0 Å². The molecule has 14 heteroatoms. The van der Waals surface area contributed by atoms with Gasteiger partial charge in [-0.1, -0.05) is 97.1 Å². The van der Waals surface area contributed by atoms with Crippen LogP contribution >= 0.6 is 34.8 Å². The maximum absolute atomic E-state index is 14.3.